The van der Waals surface area contributed by atoms with Crippen LogP contribution < -0.4 is 9.47 Å². The van der Waals surface area contributed by atoms with Crippen molar-refractivity contribution in [1.29, 1.82) is 0 Å². The summed E-state index contributed by atoms with van der Waals surface area (Å²) in [5.74, 6) is 2.22. The summed E-state index contributed by atoms with van der Waals surface area (Å²) in [6, 6.07) is 16.9. The molecule has 4 rings (SSSR count). The zero-order chi connectivity index (χ0) is 23.4. The van der Waals surface area contributed by atoms with Crippen LogP contribution in [-0.2, 0) is 23.1 Å². The lowest BCUT2D eigenvalue weighted by Gasteiger charge is -2.23. The van der Waals surface area contributed by atoms with Crippen LogP contribution in [-0.4, -0.2) is 19.0 Å². The Morgan fingerprint density at radius 2 is 1.67 bits per heavy atom. The maximum atomic E-state index is 12.8. The molecule has 7 heteroatoms. The van der Waals surface area contributed by atoms with Gasteiger partial charge in [0.15, 0.2) is 5.78 Å². The minimum Gasteiger partial charge on any atom is -0.492 e. The highest BCUT2D eigenvalue weighted by Crippen LogP contribution is 2.42. The second kappa shape index (κ2) is 9.91. The number of fused-ring (bicyclic) bond motifs is 1. The SMILES string of the molecule is CC(=O)COc1ccc(SCc2ccc(-c3ccc(C(F)(F)F)cc3)cc2)c2c1CCCO2. The van der Waals surface area contributed by atoms with E-state index in [1.807, 2.05) is 36.4 Å². The van der Waals surface area contributed by atoms with Crippen LogP contribution in [0, 0.1) is 0 Å². The smallest absolute Gasteiger partial charge is 0.416 e. The van der Waals surface area contributed by atoms with Gasteiger partial charge in [0.1, 0.15) is 18.1 Å². The van der Waals surface area contributed by atoms with Crippen LogP contribution in [0.1, 0.15) is 30.0 Å². The van der Waals surface area contributed by atoms with Crippen molar-refractivity contribution in [2.24, 2.45) is 0 Å². The first-order valence-electron chi connectivity index (χ1n) is 10.6. The molecule has 0 saturated carbocycles. The summed E-state index contributed by atoms with van der Waals surface area (Å²) in [6.45, 7) is 2.19. The number of carbonyl (C=O) groups excluding carboxylic acids is 1. The molecule has 0 fully saturated rings. The van der Waals surface area contributed by atoms with E-state index in [-0.39, 0.29) is 12.4 Å². The van der Waals surface area contributed by atoms with Gasteiger partial charge in [-0.3, -0.25) is 4.79 Å². The summed E-state index contributed by atoms with van der Waals surface area (Å²) in [4.78, 5) is 12.3. The van der Waals surface area contributed by atoms with E-state index in [2.05, 4.69) is 0 Å². The van der Waals surface area contributed by atoms with E-state index in [9.17, 15) is 18.0 Å². The molecule has 1 aliphatic heterocycles. The molecule has 3 nitrogen and oxygen atoms in total. The molecule has 0 aliphatic carbocycles. The van der Waals surface area contributed by atoms with Crippen molar-refractivity contribution < 1.29 is 27.4 Å². The fraction of sp³-hybridized carbons (Fsp3) is 0.269. The summed E-state index contributed by atoms with van der Waals surface area (Å²) < 4.78 is 49.9. The molecule has 3 aromatic rings. The van der Waals surface area contributed by atoms with Crippen LogP contribution in [0.4, 0.5) is 13.2 Å². The van der Waals surface area contributed by atoms with Crippen LogP contribution in [0.15, 0.2) is 65.6 Å². The van der Waals surface area contributed by atoms with Gasteiger partial charge in [-0.1, -0.05) is 36.4 Å². The molecule has 172 valence electrons. The van der Waals surface area contributed by atoms with Crippen molar-refractivity contribution in [3.05, 3.63) is 77.4 Å². The summed E-state index contributed by atoms with van der Waals surface area (Å²) in [6.07, 6.45) is -2.58. The lowest BCUT2D eigenvalue weighted by Crippen LogP contribution is -2.13. The van der Waals surface area contributed by atoms with E-state index in [0.717, 1.165) is 63.6 Å². The normalized spacial score (nSPS) is 13.2. The standard InChI is InChI=1S/C26H23F3O3S/c1-17(30)15-32-23-12-13-24(25-22(23)3-2-14-31-25)33-16-18-4-6-19(7-5-18)20-8-10-21(11-9-20)26(27,28)29/h4-13H,2-3,14-16H2,1H3. The average molecular weight is 473 g/mol. The maximum Gasteiger partial charge on any atom is 0.416 e. The predicted molar refractivity (Wildman–Crippen MR) is 123 cm³/mol. The fourth-order valence-electron chi connectivity index (χ4n) is 3.64. The third kappa shape index (κ3) is 5.71. The zero-order valence-electron chi connectivity index (χ0n) is 18.1. The Morgan fingerprint density at radius 1 is 1.00 bits per heavy atom. The minimum atomic E-state index is -4.33. The molecule has 0 atom stereocenters. The topological polar surface area (TPSA) is 35.5 Å². The number of alkyl halides is 3. The first-order valence-corrected chi connectivity index (χ1v) is 11.6. The number of Topliss-reactive ketones (excluding diaryl/α,β-unsaturated/α-hetero) is 1. The molecule has 0 bridgehead atoms. The van der Waals surface area contributed by atoms with Gasteiger partial charge >= 0.3 is 6.18 Å². The summed E-state index contributed by atoms with van der Waals surface area (Å²) in [5, 5.41) is 0. The molecule has 1 heterocycles. The molecular formula is C26H23F3O3S. The summed E-state index contributed by atoms with van der Waals surface area (Å²) >= 11 is 1.66. The van der Waals surface area contributed by atoms with Gasteiger partial charge < -0.3 is 9.47 Å². The highest BCUT2D eigenvalue weighted by atomic mass is 32.2. The van der Waals surface area contributed by atoms with Crippen LogP contribution in [0.2, 0.25) is 0 Å². The molecule has 0 saturated heterocycles. The molecule has 1 aliphatic rings. The van der Waals surface area contributed by atoms with E-state index >= 15 is 0 Å². The Hall–Kier alpha value is -2.93. The van der Waals surface area contributed by atoms with Gasteiger partial charge in [-0.05, 0) is 60.7 Å². The fourth-order valence-corrected chi connectivity index (χ4v) is 4.63. The molecule has 3 aromatic carbocycles. The van der Waals surface area contributed by atoms with E-state index in [4.69, 9.17) is 9.47 Å². The van der Waals surface area contributed by atoms with Crippen LogP contribution in [0.5, 0.6) is 11.5 Å². The Labute approximate surface area is 194 Å². The van der Waals surface area contributed by atoms with E-state index in [0.29, 0.717) is 12.4 Å². The maximum absolute atomic E-state index is 12.8. The van der Waals surface area contributed by atoms with E-state index in [1.54, 1.807) is 11.8 Å². The third-order valence-electron chi connectivity index (χ3n) is 5.32. The quantitative estimate of drug-likeness (QED) is 0.348. The first-order chi connectivity index (χ1) is 15.8. The molecular weight excluding hydrogens is 449 g/mol. The molecule has 0 unspecified atom stereocenters. The average Bonchev–Trinajstić information content (AvgIpc) is 2.81. The highest BCUT2D eigenvalue weighted by Gasteiger charge is 2.30. The molecule has 0 aromatic heterocycles. The molecule has 0 N–H and O–H groups in total. The number of ether oxygens (including phenoxy) is 2. The number of benzene rings is 3. The molecule has 0 spiro atoms. The molecule has 0 amide bonds. The van der Waals surface area contributed by atoms with Crippen molar-refractivity contribution in [3.8, 4) is 22.6 Å². The van der Waals surface area contributed by atoms with Crippen molar-refractivity contribution in [2.75, 3.05) is 13.2 Å². The number of hydrogen-bond donors (Lipinski definition) is 0. The van der Waals surface area contributed by atoms with Crippen molar-refractivity contribution in [3.63, 3.8) is 0 Å². The number of carbonyl (C=O) groups is 1. The predicted octanol–water partition coefficient (Wildman–Crippen LogP) is 6.96. The lowest BCUT2D eigenvalue weighted by molar-refractivity contribution is -0.137. The number of ketones is 1. The monoisotopic (exact) mass is 472 g/mol. The Balaban J connectivity index is 1.45. The van der Waals surface area contributed by atoms with Gasteiger partial charge in [-0.15, -0.1) is 11.8 Å². The number of halogens is 3. The second-order valence-electron chi connectivity index (χ2n) is 7.87. The second-order valence-corrected chi connectivity index (χ2v) is 8.89. The van der Waals surface area contributed by atoms with Gasteiger partial charge in [-0.25, -0.2) is 0 Å². The number of rotatable bonds is 7. The van der Waals surface area contributed by atoms with E-state index in [1.165, 1.54) is 19.1 Å². The van der Waals surface area contributed by atoms with Crippen LogP contribution in [0.3, 0.4) is 0 Å². The van der Waals surface area contributed by atoms with Gasteiger partial charge in [-0.2, -0.15) is 13.2 Å². The summed E-state index contributed by atoms with van der Waals surface area (Å²) in [5.41, 5.74) is 3.06. The van der Waals surface area contributed by atoms with Gasteiger partial charge in [0, 0.05) is 11.3 Å². The minimum absolute atomic E-state index is 0.0290. The van der Waals surface area contributed by atoms with Crippen molar-refractivity contribution >= 4 is 17.5 Å². The Bertz CT molecular complexity index is 1120. The third-order valence-corrected chi connectivity index (χ3v) is 6.43. The molecule has 33 heavy (non-hydrogen) atoms. The summed E-state index contributed by atoms with van der Waals surface area (Å²) in [7, 11) is 0. The van der Waals surface area contributed by atoms with Crippen LogP contribution in [0.25, 0.3) is 11.1 Å². The van der Waals surface area contributed by atoms with Gasteiger partial charge in [0.05, 0.1) is 17.1 Å². The zero-order valence-corrected chi connectivity index (χ0v) is 18.9. The number of hydrogen-bond acceptors (Lipinski definition) is 4. The number of thioether (sulfide) groups is 1. The first kappa shape index (κ1) is 23.2. The van der Waals surface area contributed by atoms with Gasteiger partial charge in [0.2, 0.25) is 0 Å². The van der Waals surface area contributed by atoms with Gasteiger partial charge in [0.25, 0.3) is 0 Å². The van der Waals surface area contributed by atoms with Crippen LogP contribution >= 0.6 is 11.8 Å². The highest BCUT2D eigenvalue weighted by molar-refractivity contribution is 7.98. The van der Waals surface area contributed by atoms with E-state index < -0.39 is 11.7 Å². The lowest BCUT2D eigenvalue weighted by atomic mass is 10.0. The largest absolute Gasteiger partial charge is 0.492 e. The Morgan fingerprint density at radius 3 is 2.30 bits per heavy atom. The van der Waals surface area contributed by atoms with Crippen molar-refractivity contribution in [2.45, 2.75) is 36.6 Å². The van der Waals surface area contributed by atoms with Crippen molar-refractivity contribution in [1.82, 2.24) is 0 Å². The molecule has 0 radical (unpaired) electrons. The Kier molecular flexibility index (Phi) is 6.98.